The Kier molecular flexibility index (Phi) is 4.81. The number of rotatable bonds is 5. The van der Waals surface area contributed by atoms with Crippen molar-refractivity contribution in [2.75, 3.05) is 7.11 Å². The second kappa shape index (κ2) is 6.14. The Hall–Kier alpha value is -1.53. The summed E-state index contributed by atoms with van der Waals surface area (Å²) in [5.41, 5.74) is 0.586. The van der Waals surface area contributed by atoms with E-state index in [0.717, 1.165) is 0 Å². The van der Waals surface area contributed by atoms with E-state index in [2.05, 4.69) is 11.2 Å². The van der Waals surface area contributed by atoms with Gasteiger partial charge in [0.2, 0.25) is 0 Å². The molecule has 0 saturated carbocycles. The Morgan fingerprint density at radius 1 is 1.56 bits per heavy atom. The topological polar surface area (TPSA) is 21.3 Å². The van der Waals surface area contributed by atoms with Gasteiger partial charge in [0.1, 0.15) is 0 Å². The van der Waals surface area contributed by atoms with Crippen LogP contribution in [0.4, 0.5) is 4.39 Å². The number of ether oxygens (including phenoxy) is 1. The molecule has 3 heteroatoms. The van der Waals surface area contributed by atoms with Crippen LogP contribution in [0.2, 0.25) is 0 Å². The molecule has 0 radical (unpaired) electrons. The summed E-state index contributed by atoms with van der Waals surface area (Å²) >= 11 is 0. The van der Waals surface area contributed by atoms with E-state index >= 15 is 0 Å². The number of nitrogens with one attached hydrogen (secondary N) is 1. The van der Waals surface area contributed by atoms with Crippen LogP contribution in [0, 0.1) is 18.2 Å². The van der Waals surface area contributed by atoms with E-state index in [1.807, 2.05) is 6.92 Å². The molecular formula is C13H16FNO. The van der Waals surface area contributed by atoms with Crippen LogP contribution in [0.1, 0.15) is 18.9 Å². The van der Waals surface area contributed by atoms with Gasteiger partial charge in [0, 0.05) is 24.6 Å². The van der Waals surface area contributed by atoms with Crippen molar-refractivity contribution >= 4 is 0 Å². The molecule has 0 aliphatic rings. The SMILES string of the molecule is C#CCC(C)NCc1cccc(OC)c1F. The zero-order chi connectivity index (χ0) is 12.0. The van der Waals surface area contributed by atoms with E-state index in [1.54, 1.807) is 18.2 Å². The molecule has 0 aromatic heterocycles. The summed E-state index contributed by atoms with van der Waals surface area (Å²) in [5.74, 6) is 2.51. The smallest absolute Gasteiger partial charge is 0.169 e. The molecule has 1 aromatic carbocycles. The standard InChI is InChI=1S/C13H16FNO/c1-4-6-10(2)15-9-11-7-5-8-12(16-3)13(11)14/h1,5,7-8,10,15H,6,9H2,2-3H3. The highest BCUT2D eigenvalue weighted by Gasteiger charge is 2.08. The van der Waals surface area contributed by atoms with Crippen LogP contribution in [-0.2, 0) is 6.54 Å². The van der Waals surface area contributed by atoms with Crippen LogP contribution in [0.15, 0.2) is 18.2 Å². The summed E-state index contributed by atoms with van der Waals surface area (Å²) in [4.78, 5) is 0. The van der Waals surface area contributed by atoms with Crippen molar-refractivity contribution in [2.24, 2.45) is 0 Å². The summed E-state index contributed by atoms with van der Waals surface area (Å²) < 4.78 is 18.6. The summed E-state index contributed by atoms with van der Waals surface area (Å²) in [7, 11) is 1.45. The van der Waals surface area contributed by atoms with Gasteiger partial charge in [-0.05, 0) is 13.0 Å². The molecule has 16 heavy (non-hydrogen) atoms. The van der Waals surface area contributed by atoms with E-state index in [4.69, 9.17) is 11.2 Å². The van der Waals surface area contributed by atoms with Gasteiger partial charge >= 0.3 is 0 Å². The van der Waals surface area contributed by atoms with Crippen LogP contribution in [0.3, 0.4) is 0 Å². The molecule has 0 amide bonds. The van der Waals surface area contributed by atoms with Crippen LogP contribution in [-0.4, -0.2) is 13.2 Å². The Labute approximate surface area is 95.8 Å². The third-order valence-corrected chi connectivity index (χ3v) is 2.33. The molecule has 86 valence electrons. The maximum absolute atomic E-state index is 13.7. The third-order valence-electron chi connectivity index (χ3n) is 2.33. The van der Waals surface area contributed by atoms with Crippen molar-refractivity contribution in [3.8, 4) is 18.1 Å². The molecule has 1 rings (SSSR count). The molecular weight excluding hydrogens is 205 g/mol. The zero-order valence-electron chi connectivity index (χ0n) is 9.59. The van der Waals surface area contributed by atoms with E-state index in [-0.39, 0.29) is 17.6 Å². The van der Waals surface area contributed by atoms with Gasteiger partial charge in [-0.1, -0.05) is 12.1 Å². The van der Waals surface area contributed by atoms with Crippen molar-refractivity contribution in [3.05, 3.63) is 29.6 Å². The predicted molar refractivity (Wildman–Crippen MR) is 62.7 cm³/mol. The van der Waals surface area contributed by atoms with Crippen molar-refractivity contribution in [3.63, 3.8) is 0 Å². The normalized spacial score (nSPS) is 11.9. The highest BCUT2D eigenvalue weighted by Crippen LogP contribution is 2.19. The number of halogens is 1. The first kappa shape index (κ1) is 12.5. The Balaban J connectivity index is 2.64. The van der Waals surface area contributed by atoms with E-state index in [0.29, 0.717) is 18.5 Å². The first-order chi connectivity index (χ1) is 7.69. The second-order valence-corrected chi connectivity index (χ2v) is 3.62. The van der Waals surface area contributed by atoms with Gasteiger partial charge in [0.05, 0.1) is 7.11 Å². The fraction of sp³-hybridized carbons (Fsp3) is 0.385. The van der Waals surface area contributed by atoms with Gasteiger partial charge in [-0.2, -0.15) is 0 Å². The Bertz CT molecular complexity index is 384. The molecule has 0 saturated heterocycles. The maximum Gasteiger partial charge on any atom is 0.169 e. The first-order valence-electron chi connectivity index (χ1n) is 5.17. The van der Waals surface area contributed by atoms with Crippen molar-refractivity contribution in [1.29, 1.82) is 0 Å². The average molecular weight is 221 g/mol. The van der Waals surface area contributed by atoms with Crippen molar-refractivity contribution < 1.29 is 9.13 Å². The van der Waals surface area contributed by atoms with E-state index in [9.17, 15) is 4.39 Å². The van der Waals surface area contributed by atoms with Gasteiger partial charge in [-0.3, -0.25) is 0 Å². The lowest BCUT2D eigenvalue weighted by molar-refractivity contribution is 0.382. The molecule has 1 aromatic rings. The largest absolute Gasteiger partial charge is 0.494 e. The highest BCUT2D eigenvalue weighted by molar-refractivity contribution is 5.30. The van der Waals surface area contributed by atoms with Crippen LogP contribution >= 0.6 is 0 Å². The van der Waals surface area contributed by atoms with Gasteiger partial charge < -0.3 is 10.1 Å². The minimum atomic E-state index is -0.314. The van der Waals surface area contributed by atoms with Crippen LogP contribution in [0.5, 0.6) is 5.75 Å². The van der Waals surface area contributed by atoms with Gasteiger partial charge in [-0.15, -0.1) is 12.3 Å². The molecule has 0 aliphatic heterocycles. The lowest BCUT2D eigenvalue weighted by Gasteiger charge is -2.12. The summed E-state index contributed by atoms with van der Waals surface area (Å²) in [6, 6.07) is 5.28. The number of hydrogen-bond acceptors (Lipinski definition) is 2. The van der Waals surface area contributed by atoms with Crippen LogP contribution in [0.25, 0.3) is 0 Å². The predicted octanol–water partition coefficient (Wildman–Crippen LogP) is 2.34. The fourth-order valence-electron chi connectivity index (χ4n) is 1.38. The monoisotopic (exact) mass is 221 g/mol. The van der Waals surface area contributed by atoms with Crippen molar-refractivity contribution in [2.45, 2.75) is 25.9 Å². The summed E-state index contributed by atoms with van der Waals surface area (Å²) in [5, 5.41) is 3.15. The quantitative estimate of drug-likeness (QED) is 0.770. The maximum atomic E-state index is 13.7. The highest BCUT2D eigenvalue weighted by atomic mass is 19.1. The average Bonchev–Trinajstić information content (AvgIpc) is 2.28. The van der Waals surface area contributed by atoms with Crippen LogP contribution < -0.4 is 10.1 Å². The molecule has 1 unspecified atom stereocenters. The lowest BCUT2D eigenvalue weighted by Crippen LogP contribution is -2.25. The number of benzene rings is 1. The molecule has 1 atom stereocenters. The van der Waals surface area contributed by atoms with E-state index in [1.165, 1.54) is 7.11 Å². The molecule has 0 bridgehead atoms. The summed E-state index contributed by atoms with van der Waals surface area (Å²) in [6.07, 6.45) is 5.82. The molecule has 0 spiro atoms. The lowest BCUT2D eigenvalue weighted by atomic mass is 10.1. The minimum absolute atomic E-state index is 0.176. The molecule has 0 heterocycles. The summed E-state index contributed by atoms with van der Waals surface area (Å²) in [6.45, 7) is 2.42. The Morgan fingerprint density at radius 2 is 2.31 bits per heavy atom. The Morgan fingerprint density at radius 3 is 2.94 bits per heavy atom. The number of methoxy groups -OCH3 is 1. The molecule has 2 nitrogen and oxygen atoms in total. The minimum Gasteiger partial charge on any atom is -0.494 e. The van der Waals surface area contributed by atoms with Gasteiger partial charge in [0.15, 0.2) is 11.6 Å². The van der Waals surface area contributed by atoms with Crippen molar-refractivity contribution in [1.82, 2.24) is 5.32 Å². The zero-order valence-corrected chi connectivity index (χ0v) is 9.59. The molecule has 1 N–H and O–H groups in total. The molecule has 0 fully saturated rings. The number of terminal acetylenes is 1. The molecule has 0 aliphatic carbocycles. The van der Waals surface area contributed by atoms with Gasteiger partial charge in [-0.25, -0.2) is 4.39 Å². The first-order valence-corrected chi connectivity index (χ1v) is 5.17. The third kappa shape index (κ3) is 3.25. The fourth-order valence-corrected chi connectivity index (χ4v) is 1.38. The van der Waals surface area contributed by atoms with E-state index < -0.39 is 0 Å². The number of hydrogen-bond donors (Lipinski definition) is 1. The van der Waals surface area contributed by atoms with Gasteiger partial charge in [0.25, 0.3) is 0 Å². The second-order valence-electron chi connectivity index (χ2n) is 3.62.